The number of phenolic OH excluding ortho intramolecular Hbond substituents is 1. The molecule has 6 nitrogen and oxygen atoms in total. The van der Waals surface area contributed by atoms with Crippen molar-refractivity contribution in [3.63, 3.8) is 0 Å². The first-order valence-electron chi connectivity index (χ1n) is 5.73. The number of benzene rings is 1. The summed E-state index contributed by atoms with van der Waals surface area (Å²) >= 11 is 0. The summed E-state index contributed by atoms with van der Waals surface area (Å²) in [6, 6.07) is 4.38. The molecule has 0 aliphatic carbocycles. The molecule has 1 aliphatic heterocycles. The van der Waals surface area contributed by atoms with E-state index in [4.69, 9.17) is 15.2 Å². The average Bonchev–Trinajstić information content (AvgIpc) is 2.40. The van der Waals surface area contributed by atoms with E-state index in [0.717, 1.165) is 0 Å². The summed E-state index contributed by atoms with van der Waals surface area (Å²) in [7, 11) is 0. The molecule has 98 valence electrons. The number of phenols is 1. The van der Waals surface area contributed by atoms with Crippen LogP contribution >= 0.6 is 0 Å². The van der Waals surface area contributed by atoms with E-state index in [1.807, 2.05) is 0 Å². The maximum Gasteiger partial charge on any atom is 0.251 e. The van der Waals surface area contributed by atoms with Crippen LogP contribution in [0.15, 0.2) is 18.2 Å². The Hall–Kier alpha value is -1.79. The zero-order chi connectivity index (χ0) is 13.0. The third-order valence-corrected chi connectivity index (χ3v) is 2.67. The number of aromatic hydroxyl groups is 1. The van der Waals surface area contributed by atoms with Gasteiger partial charge in [-0.2, -0.15) is 0 Å². The summed E-state index contributed by atoms with van der Waals surface area (Å²) in [6.45, 7) is 2.00. The van der Waals surface area contributed by atoms with Gasteiger partial charge in [-0.05, 0) is 18.2 Å². The van der Waals surface area contributed by atoms with Gasteiger partial charge in [-0.25, -0.2) is 0 Å². The number of carbonyl (C=O) groups excluding carboxylic acids is 1. The minimum absolute atomic E-state index is 0.0973. The Bertz CT molecular complexity index is 430. The SMILES string of the molecule is Nc1ccc(C(=O)NCC2COCCO2)cc1O. The van der Waals surface area contributed by atoms with Gasteiger partial charge in [-0.1, -0.05) is 0 Å². The van der Waals surface area contributed by atoms with Crippen LogP contribution in [0.1, 0.15) is 10.4 Å². The summed E-state index contributed by atoms with van der Waals surface area (Å²) in [4.78, 5) is 11.8. The number of carbonyl (C=O) groups is 1. The molecule has 1 aliphatic rings. The number of ether oxygens (including phenoxy) is 2. The van der Waals surface area contributed by atoms with Crippen molar-refractivity contribution in [2.45, 2.75) is 6.10 Å². The lowest BCUT2D eigenvalue weighted by Gasteiger charge is -2.23. The van der Waals surface area contributed by atoms with Gasteiger partial charge in [-0.3, -0.25) is 4.79 Å². The van der Waals surface area contributed by atoms with Gasteiger partial charge < -0.3 is 25.6 Å². The molecule has 4 N–H and O–H groups in total. The van der Waals surface area contributed by atoms with Gasteiger partial charge in [0.2, 0.25) is 0 Å². The van der Waals surface area contributed by atoms with Gasteiger partial charge in [0.1, 0.15) is 5.75 Å². The van der Waals surface area contributed by atoms with Gasteiger partial charge >= 0.3 is 0 Å². The largest absolute Gasteiger partial charge is 0.506 e. The first kappa shape index (κ1) is 12.7. The van der Waals surface area contributed by atoms with E-state index in [1.165, 1.54) is 12.1 Å². The Morgan fingerprint density at radius 2 is 2.33 bits per heavy atom. The molecule has 1 heterocycles. The maximum atomic E-state index is 11.8. The molecule has 2 rings (SSSR count). The molecule has 1 fully saturated rings. The summed E-state index contributed by atoms with van der Waals surface area (Å²) in [5.74, 6) is -0.376. The minimum atomic E-state index is -0.278. The molecule has 1 unspecified atom stereocenters. The second-order valence-electron chi connectivity index (χ2n) is 4.05. The predicted molar refractivity (Wildman–Crippen MR) is 65.4 cm³/mol. The standard InChI is InChI=1S/C12H16N2O4/c13-10-2-1-8(5-11(10)15)12(16)14-6-9-7-17-3-4-18-9/h1-2,5,9,15H,3-4,6-7,13H2,(H,14,16). The zero-order valence-electron chi connectivity index (χ0n) is 9.89. The lowest BCUT2D eigenvalue weighted by Crippen LogP contribution is -2.39. The fourth-order valence-corrected chi connectivity index (χ4v) is 1.65. The van der Waals surface area contributed by atoms with Crippen molar-refractivity contribution in [3.05, 3.63) is 23.8 Å². The number of hydrogen-bond acceptors (Lipinski definition) is 5. The maximum absolute atomic E-state index is 11.8. The summed E-state index contributed by atoms with van der Waals surface area (Å²) in [6.07, 6.45) is -0.120. The van der Waals surface area contributed by atoms with Crippen LogP contribution in [0.5, 0.6) is 5.75 Å². The first-order valence-corrected chi connectivity index (χ1v) is 5.73. The summed E-state index contributed by atoms with van der Waals surface area (Å²) in [5, 5.41) is 12.1. The average molecular weight is 252 g/mol. The minimum Gasteiger partial charge on any atom is -0.506 e. The van der Waals surface area contributed by atoms with Crippen LogP contribution in [0.3, 0.4) is 0 Å². The molecular weight excluding hydrogens is 236 g/mol. The fraction of sp³-hybridized carbons (Fsp3) is 0.417. The van der Waals surface area contributed by atoms with Crippen LogP contribution in [0.4, 0.5) is 5.69 Å². The lowest BCUT2D eigenvalue weighted by atomic mass is 10.1. The number of amides is 1. The topological polar surface area (TPSA) is 93.8 Å². The monoisotopic (exact) mass is 252 g/mol. The van der Waals surface area contributed by atoms with Crippen molar-refractivity contribution in [3.8, 4) is 5.75 Å². The Morgan fingerprint density at radius 3 is 3.00 bits per heavy atom. The molecular formula is C12H16N2O4. The molecule has 6 heteroatoms. The first-order chi connectivity index (χ1) is 8.66. The van der Waals surface area contributed by atoms with Crippen LogP contribution < -0.4 is 11.1 Å². The van der Waals surface area contributed by atoms with E-state index in [2.05, 4.69) is 5.32 Å². The van der Waals surface area contributed by atoms with E-state index < -0.39 is 0 Å². The molecule has 1 saturated heterocycles. The number of nitrogen functional groups attached to an aromatic ring is 1. The molecule has 1 aromatic rings. The molecule has 0 saturated carbocycles. The van der Waals surface area contributed by atoms with Gasteiger partial charge in [0.05, 0.1) is 31.6 Å². The number of anilines is 1. The highest BCUT2D eigenvalue weighted by Crippen LogP contribution is 2.20. The van der Waals surface area contributed by atoms with Gasteiger partial charge in [-0.15, -0.1) is 0 Å². The molecule has 18 heavy (non-hydrogen) atoms. The lowest BCUT2D eigenvalue weighted by molar-refractivity contribution is -0.0855. The van der Waals surface area contributed by atoms with E-state index in [-0.39, 0.29) is 23.4 Å². The number of nitrogens with two attached hydrogens (primary N) is 1. The van der Waals surface area contributed by atoms with Crippen LogP contribution in [0, 0.1) is 0 Å². The molecule has 0 radical (unpaired) electrons. The Morgan fingerprint density at radius 1 is 1.50 bits per heavy atom. The van der Waals surface area contributed by atoms with E-state index in [1.54, 1.807) is 6.07 Å². The second kappa shape index (κ2) is 5.70. The fourth-order valence-electron chi connectivity index (χ4n) is 1.65. The van der Waals surface area contributed by atoms with Gasteiger partial charge in [0.25, 0.3) is 5.91 Å². The number of hydrogen-bond donors (Lipinski definition) is 3. The van der Waals surface area contributed by atoms with Crippen molar-refractivity contribution in [2.75, 3.05) is 32.1 Å². The van der Waals surface area contributed by atoms with Crippen LogP contribution in [0.2, 0.25) is 0 Å². The van der Waals surface area contributed by atoms with Crippen LogP contribution in [-0.2, 0) is 9.47 Å². The van der Waals surface area contributed by atoms with E-state index in [9.17, 15) is 9.90 Å². The van der Waals surface area contributed by atoms with E-state index in [0.29, 0.717) is 31.9 Å². The molecule has 1 aromatic carbocycles. The van der Waals surface area contributed by atoms with Crippen LogP contribution in [0.25, 0.3) is 0 Å². The molecule has 1 atom stereocenters. The smallest absolute Gasteiger partial charge is 0.251 e. The van der Waals surface area contributed by atoms with E-state index >= 15 is 0 Å². The molecule has 0 bridgehead atoms. The van der Waals surface area contributed by atoms with Crippen molar-refractivity contribution < 1.29 is 19.4 Å². The predicted octanol–water partition coefficient (Wildman–Crippen LogP) is 0.120. The van der Waals surface area contributed by atoms with Crippen molar-refractivity contribution in [2.24, 2.45) is 0 Å². The van der Waals surface area contributed by atoms with Gasteiger partial charge in [0, 0.05) is 12.1 Å². The van der Waals surface area contributed by atoms with Crippen molar-refractivity contribution in [1.29, 1.82) is 0 Å². The Kier molecular flexibility index (Phi) is 4.01. The molecule has 0 spiro atoms. The van der Waals surface area contributed by atoms with Gasteiger partial charge in [0.15, 0.2) is 0 Å². The highest BCUT2D eigenvalue weighted by atomic mass is 16.6. The quantitative estimate of drug-likeness (QED) is 0.524. The third kappa shape index (κ3) is 3.12. The third-order valence-electron chi connectivity index (χ3n) is 2.67. The number of rotatable bonds is 3. The molecule has 0 aromatic heterocycles. The summed E-state index contributed by atoms with van der Waals surface area (Å²) < 4.78 is 10.6. The highest BCUT2D eigenvalue weighted by Gasteiger charge is 2.16. The van der Waals surface area contributed by atoms with Crippen molar-refractivity contribution >= 4 is 11.6 Å². The Labute approximate surface area is 105 Å². The highest BCUT2D eigenvalue weighted by molar-refractivity contribution is 5.95. The van der Waals surface area contributed by atoms with Crippen molar-refractivity contribution in [1.82, 2.24) is 5.32 Å². The Balaban J connectivity index is 1.88. The normalized spacial score (nSPS) is 19.4. The summed E-state index contributed by atoms with van der Waals surface area (Å²) in [5.41, 5.74) is 6.07. The zero-order valence-corrected chi connectivity index (χ0v) is 9.89. The second-order valence-corrected chi connectivity index (χ2v) is 4.05. The number of nitrogens with one attached hydrogen (secondary N) is 1. The molecule has 1 amide bonds. The van der Waals surface area contributed by atoms with Crippen LogP contribution in [-0.4, -0.2) is 43.5 Å².